The van der Waals surface area contributed by atoms with E-state index >= 15 is 0 Å². The van der Waals surface area contributed by atoms with Crippen LogP contribution in [0, 0.1) is 0 Å². The molecule has 2 aromatic rings. The number of nitrogens with one attached hydrogen (secondary N) is 4. The first-order valence-corrected chi connectivity index (χ1v) is 10.2. The van der Waals surface area contributed by atoms with E-state index in [4.69, 9.17) is 12.2 Å². The van der Waals surface area contributed by atoms with Crippen LogP contribution in [0.3, 0.4) is 0 Å². The van der Waals surface area contributed by atoms with Gasteiger partial charge in [-0.3, -0.25) is 0 Å². The van der Waals surface area contributed by atoms with Gasteiger partial charge in [0.1, 0.15) is 32.2 Å². The number of hydrogen-bond acceptors (Lipinski definition) is 2. The van der Waals surface area contributed by atoms with E-state index in [9.17, 15) is 0 Å². The molecule has 1 aliphatic rings. The molecule has 1 fully saturated rings. The van der Waals surface area contributed by atoms with E-state index < -0.39 is 0 Å². The van der Waals surface area contributed by atoms with Gasteiger partial charge in [-0.1, -0.05) is 24.3 Å². The molecule has 0 saturated carbocycles. The Bertz CT molecular complexity index is 651. The van der Waals surface area contributed by atoms with Crippen molar-refractivity contribution < 1.29 is 9.80 Å². The highest BCUT2D eigenvalue weighted by Crippen LogP contribution is 2.20. The van der Waals surface area contributed by atoms with E-state index in [-0.39, 0.29) is 6.04 Å². The number of thiophene rings is 1. The highest BCUT2D eigenvalue weighted by atomic mass is 32.1. The predicted octanol–water partition coefficient (Wildman–Crippen LogP) is 0.578. The number of rotatable bonds is 5. The molecule has 25 heavy (non-hydrogen) atoms. The molecule has 0 spiro atoms. The highest BCUT2D eigenvalue weighted by molar-refractivity contribution is 7.80. The standard InChI is InChI=1S/C19H26N4S2/c1-15(20-19(24)21-16-7-4-3-5-8-16)18(17-9-6-14-25-17)23-12-10-22(2)11-13-23/h3-9,14-15,18H,10-13H2,1-2H3,(H2,20,21,24)/p+2/t15-,18-/m1/s1. The van der Waals surface area contributed by atoms with Crippen LogP contribution < -0.4 is 20.4 Å². The summed E-state index contributed by atoms with van der Waals surface area (Å²) in [6, 6.07) is 15.2. The lowest BCUT2D eigenvalue weighted by Gasteiger charge is -2.36. The average molecular weight is 377 g/mol. The van der Waals surface area contributed by atoms with Gasteiger partial charge >= 0.3 is 0 Å². The molecule has 3 rings (SSSR count). The van der Waals surface area contributed by atoms with Gasteiger partial charge in [-0.05, 0) is 42.7 Å². The van der Waals surface area contributed by atoms with Crippen molar-refractivity contribution in [1.29, 1.82) is 0 Å². The molecule has 0 amide bonds. The lowest BCUT2D eigenvalue weighted by molar-refractivity contribution is -1.02. The maximum absolute atomic E-state index is 5.55. The third kappa shape index (κ3) is 5.01. The number of benzene rings is 1. The van der Waals surface area contributed by atoms with Gasteiger partial charge in [-0.25, -0.2) is 0 Å². The molecule has 6 heteroatoms. The summed E-state index contributed by atoms with van der Waals surface area (Å²) >= 11 is 7.40. The minimum Gasteiger partial charge on any atom is -0.354 e. The van der Waals surface area contributed by atoms with Crippen LogP contribution >= 0.6 is 23.6 Å². The number of quaternary nitrogens is 2. The van der Waals surface area contributed by atoms with Crippen molar-refractivity contribution in [3.05, 3.63) is 52.7 Å². The highest BCUT2D eigenvalue weighted by Gasteiger charge is 2.34. The predicted molar refractivity (Wildman–Crippen MR) is 110 cm³/mol. The van der Waals surface area contributed by atoms with Gasteiger partial charge < -0.3 is 20.4 Å². The number of para-hydroxylation sites is 1. The van der Waals surface area contributed by atoms with Crippen LogP contribution in [0.2, 0.25) is 0 Å². The number of piperazine rings is 1. The van der Waals surface area contributed by atoms with Crippen LogP contribution in [0.1, 0.15) is 17.8 Å². The van der Waals surface area contributed by atoms with Crippen molar-refractivity contribution >= 4 is 34.4 Å². The first-order chi connectivity index (χ1) is 12.1. The molecule has 2 heterocycles. The number of likely N-dealkylation sites (N-methyl/N-ethyl adjacent to an activating group) is 1. The fourth-order valence-corrected chi connectivity index (χ4v) is 4.85. The molecule has 0 radical (unpaired) electrons. The van der Waals surface area contributed by atoms with Crippen molar-refractivity contribution in [2.45, 2.75) is 19.0 Å². The summed E-state index contributed by atoms with van der Waals surface area (Å²) in [7, 11) is 2.29. The normalized spacial score (nSPS) is 22.8. The Morgan fingerprint density at radius 1 is 1.08 bits per heavy atom. The SMILES string of the molecule is C[C@@H](NC(=S)Nc1ccccc1)[C@H](c1cccs1)[NH+]1CC[NH+](C)CC1. The quantitative estimate of drug-likeness (QED) is 0.576. The fourth-order valence-electron chi connectivity index (χ4n) is 3.56. The third-order valence-corrected chi connectivity index (χ3v) is 6.10. The summed E-state index contributed by atoms with van der Waals surface area (Å²) in [5, 5.41) is 9.69. The largest absolute Gasteiger partial charge is 0.354 e. The first-order valence-electron chi connectivity index (χ1n) is 8.95. The first kappa shape index (κ1) is 18.3. The summed E-state index contributed by atoms with van der Waals surface area (Å²) in [5.74, 6) is 0. The van der Waals surface area contributed by atoms with Gasteiger partial charge in [0, 0.05) is 5.69 Å². The minimum atomic E-state index is 0.274. The van der Waals surface area contributed by atoms with E-state index in [0.29, 0.717) is 11.2 Å². The monoisotopic (exact) mass is 376 g/mol. The van der Waals surface area contributed by atoms with Gasteiger partial charge in [-0.2, -0.15) is 0 Å². The zero-order chi connectivity index (χ0) is 17.6. The second kappa shape index (κ2) is 8.76. The molecule has 0 aliphatic carbocycles. The maximum atomic E-state index is 5.55. The maximum Gasteiger partial charge on any atom is 0.171 e. The molecule has 1 aromatic heterocycles. The molecule has 4 nitrogen and oxygen atoms in total. The third-order valence-electron chi connectivity index (χ3n) is 4.93. The van der Waals surface area contributed by atoms with Crippen molar-refractivity contribution in [3.63, 3.8) is 0 Å². The summed E-state index contributed by atoms with van der Waals surface area (Å²) in [4.78, 5) is 4.74. The number of hydrogen-bond donors (Lipinski definition) is 4. The van der Waals surface area contributed by atoms with Crippen LogP contribution in [-0.4, -0.2) is 44.4 Å². The molecule has 4 N–H and O–H groups in total. The molecule has 1 saturated heterocycles. The smallest absolute Gasteiger partial charge is 0.171 e. The van der Waals surface area contributed by atoms with Gasteiger partial charge in [0.2, 0.25) is 0 Å². The minimum absolute atomic E-state index is 0.274. The Morgan fingerprint density at radius 2 is 1.80 bits per heavy atom. The lowest BCUT2D eigenvalue weighted by Crippen LogP contribution is -3.27. The Hall–Kier alpha value is -1.47. The zero-order valence-corrected chi connectivity index (χ0v) is 16.6. The summed E-state index contributed by atoms with van der Waals surface area (Å²) in [6.07, 6.45) is 0. The zero-order valence-electron chi connectivity index (χ0n) is 14.9. The molecular formula is C19H28N4S2+2. The summed E-state index contributed by atoms with van der Waals surface area (Å²) in [5.41, 5.74) is 1.02. The summed E-state index contributed by atoms with van der Waals surface area (Å²) in [6.45, 7) is 7.13. The van der Waals surface area contributed by atoms with Crippen molar-refractivity contribution in [1.82, 2.24) is 5.32 Å². The van der Waals surface area contributed by atoms with Crippen molar-refractivity contribution in [3.8, 4) is 0 Å². The molecule has 1 aliphatic heterocycles. The lowest BCUT2D eigenvalue weighted by atomic mass is 10.1. The average Bonchev–Trinajstić information content (AvgIpc) is 3.11. The molecule has 0 bridgehead atoms. The van der Waals surface area contributed by atoms with Crippen LogP contribution in [0.4, 0.5) is 5.69 Å². The van der Waals surface area contributed by atoms with Gasteiger partial charge in [0.15, 0.2) is 5.11 Å². The summed E-state index contributed by atoms with van der Waals surface area (Å²) < 4.78 is 0. The Labute approximate surface area is 159 Å². The molecule has 134 valence electrons. The molecular weight excluding hydrogens is 348 g/mol. The van der Waals surface area contributed by atoms with Gasteiger partial charge in [-0.15, -0.1) is 11.3 Å². The van der Waals surface area contributed by atoms with Crippen LogP contribution in [0.15, 0.2) is 47.8 Å². The van der Waals surface area contributed by atoms with E-state index in [1.165, 1.54) is 31.1 Å². The topological polar surface area (TPSA) is 32.9 Å². The Balaban J connectivity index is 1.66. The van der Waals surface area contributed by atoms with Gasteiger partial charge in [0.25, 0.3) is 0 Å². The Morgan fingerprint density at radius 3 is 2.44 bits per heavy atom. The van der Waals surface area contributed by atoms with Crippen molar-refractivity contribution in [2.75, 3.05) is 38.5 Å². The van der Waals surface area contributed by atoms with E-state index in [2.05, 4.69) is 42.1 Å². The second-order valence-corrected chi connectivity index (χ2v) is 8.25. The van der Waals surface area contributed by atoms with Crippen LogP contribution in [0.25, 0.3) is 0 Å². The fraction of sp³-hybridized carbons (Fsp3) is 0.421. The molecule has 0 unspecified atom stereocenters. The van der Waals surface area contributed by atoms with Gasteiger partial charge in [0.05, 0.1) is 18.0 Å². The second-order valence-electron chi connectivity index (χ2n) is 6.86. The van der Waals surface area contributed by atoms with E-state index in [0.717, 1.165) is 5.69 Å². The number of anilines is 1. The van der Waals surface area contributed by atoms with Crippen LogP contribution in [-0.2, 0) is 0 Å². The van der Waals surface area contributed by atoms with Crippen LogP contribution in [0.5, 0.6) is 0 Å². The van der Waals surface area contributed by atoms with E-state index in [1.807, 2.05) is 41.7 Å². The Kier molecular flexibility index (Phi) is 6.42. The molecule has 1 aromatic carbocycles. The van der Waals surface area contributed by atoms with E-state index in [1.54, 1.807) is 9.80 Å². The number of thiocarbonyl (C=S) groups is 1. The van der Waals surface area contributed by atoms with Crippen molar-refractivity contribution in [2.24, 2.45) is 0 Å². The molecule has 2 atom stereocenters.